The van der Waals surface area contributed by atoms with Crippen molar-refractivity contribution < 1.29 is 9.59 Å². The Morgan fingerprint density at radius 3 is 2.78 bits per heavy atom. The monoisotopic (exact) mass is 386 g/mol. The molecule has 140 valence electrons. The summed E-state index contributed by atoms with van der Waals surface area (Å²) in [5.41, 5.74) is 8.07. The highest BCUT2D eigenvalue weighted by atomic mass is 32.2. The fourth-order valence-electron chi connectivity index (χ4n) is 3.46. The number of rotatable bonds is 4. The molecule has 4 N–H and O–H groups in total. The second kappa shape index (κ2) is 6.73. The number of amides is 2. The van der Waals surface area contributed by atoms with Crippen molar-refractivity contribution in [3.63, 3.8) is 0 Å². The van der Waals surface area contributed by atoms with E-state index < -0.39 is 16.9 Å². The van der Waals surface area contributed by atoms with Gasteiger partial charge in [0.05, 0.1) is 0 Å². The molecular formula is C18H18N4O4S. The van der Waals surface area contributed by atoms with E-state index >= 15 is 0 Å². The van der Waals surface area contributed by atoms with E-state index in [1.807, 2.05) is 23.1 Å². The van der Waals surface area contributed by atoms with E-state index in [1.165, 1.54) is 5.56 Å². The van der Waals surface area contributed by atoms with E-state index in [9.17, 15) is 19.2 Å². The summed E-state index contributed by atoms with van der Waals surface area (Å²) in [5, 5.41) is 5.27. The standard InChI is InChI=1S/C18H18N4O4S/c19-13-14(16(24)15(13)23)22-4-3-10-2-1-9(5-11(10)7-22)6-20-17(25)12-8-27-18(26)21-12/h1-2,5,12H,3-4,6-8,19H2,(H,20,25)(H,21,26). The summed E-state index contributed by atoms with van der Waals surface area (Å²) in [6, 6.07) is 5.48. The topological polar surface area (TPSA) is 122 Å². The fraction of sp³-hybridized carbons (Fsp3) is 0.333. The Morgan fingerprint density at radius 1 is 1.26 bits per heavy atom. The third-order valence-electron chi connectivity index (χ3n) is 4.98. The first kappa shape index (κ1) is 17.6. The highest BCUT2D eigenvalue weighted by Gasteiger charge is 2.28. The summed E-state index contributed by atoms with van der Waals surface area (Å²) in [7, 11) is 0. The number of benzene rings is 1. The molecule has 2 amide bonds. The zero-order valence-corrected chi connectivity index (χ0v) is 15.2. The molecule has 0 aliphatic carbocycles. The molecule has 4 rings (SSSR count). The van der Waals surface area contributed by atoms with Crippen LogP contribution in [-0.2, 0) is 24.3 Å². The van der Waals surface area contributed by atoms with E-state index in [1.54, 1.807) is 0 Å². The van der Waals surface area contributed by atoms with Crippen molar-refractivity contribution in [3.8, 4) is 0 Å². The van der Waals surface area contributed by atoms with Crippen molar-refractivity contribution in [1.29, 1.82) is 0 Å². The smallest absolute Gasteiger partial charge is 0.279 e. The van der Waals surface area contributed by atoms with Gasteiger partial charge in [-0.3, -0.25) is 19.2 Å². The van der Waals surface area contributed by atoms with E-state index in [0.717, 1.165) is 29.3 Å². The summed E-state index contributed by atoms with van der Waals surface area (Å²) >= 11 is 1.10. The van der Waals surface area contributed by atoms with E-state index in [0.29, 0.717) is 31.1 Å². The van der Waals surface area contributed by atoms with Gasteiger partial charge in [0.1, 0.15) is 17.4 Å². The number of nitrogens with zero attached hydrogens (tertiary/aromatic N) is 1. The van der Waals surface area contributed by atoms with Gasteiger partial charge in [-0.25, -0.2) is 0 Å². The van der Waals surface area contributed by atoms with Crippen molar-refractivity contribution in [2.24, 2.45) is 0 Å². The Kier molecular flexibility index (Phi) is 4.39. The molecule has 9 heteroatoms. The molecule has 1 atom stereocenters. The number of fused-ring (bicyclic) bond motifs is 1. The molecule has 1 saturated heterocycles. The van der Waals surface area contributed by atoms with Gasteiger partial charge in [-0.2, -0.15) is 0 Å². The van der Waals surface area contributed by atoms with Crippen LogP contribution in [-0.4, -0.2) is 29.5 Å². The van der Waals surface area contributed by atoms with Gasteiger partial charge in [0.2, 0.25) is 5.91 Å². The lowest BCUT2D eigenvalue weighted by molar-refractivity contribution is -0.122. The lowest BCUT2D eigenvalue weighted by atomic mass is 9.96. The second-order valence-electron chi connectivity index (χ2n) is 6.71. The molecule has 2 aromatic carbocycles. The van der Waals surface area contributed by atoms with Crippen molar-refractivity contribution in [2.75, 3.05) is 22.9 Å². The van der Waals surface area contributed by atoms with Crippen LogP contribution in [0.5, 0.6) is 0 Å². The number of nitrogen functional groups attached to an aromatic ring is 1. The quantitative estimate of drug-likeness (QED) is 0.626. The van der Waals surface area contributed by atoms with Gasteiger partial charge in [0, 0.05) is 25.4 Å². The minimum atomic E-state index is -0.607. The van der Waals surface area contributed by atoms with Crippen molar-refractivity contribution in [2.45, 2.75) is 25.6 Å². The molecular weight excluding hydrogens is 368 g/mol. The van der Waals surface area contributed by atoms with Crippen LogP contribution in [0.4, 0.5) is 16.2 Å². The van der Waals surface area contributed by atoms with Crippen LogP contribution in [0.15, 0.2) is 27.8 Å². The summed E-state index contributed by atoms with van der Waals surface area (Å²) in [6.07, 6.45) is 0.756. The third kappa shape index (κ3) is 3.18. The van der Waals surface area contributed by atoms with Crippen LogP contribution >= 0.6 is 11.8 Å². The molecule has 1 unspecified atom stereocenters. The summed E-state index contributed by atoms with van der Waals surface area (Å²) in [4.78, 5) is 48.3. The van der Waals surface area contributed by atoms with Gasteiger partial charge >= 0.3 is 0 Å². The van der Waals surface area contributed by atoms with Crippen LogP contribution in [0.3, 0.4) is 0 Å². The zero-order chi connectivity index (χ0) is 19.1. The van der Waals surface area contributed by atoms with Crippen molar-refractivity contribution >= 4 is 34.3 Å². The second-order valence-corrected chi connectivity index (χ2v) is 7.70. The lowest BCUT2D eigenvalue weighted by Crippen LogP contribution is -2.44. The summed E-state index contributed by atoms with van der Waals surface area (Å²) in [6.45, 7) is 1.49. The van der Waals surface area contributed by atoms with Crippen molar-refractivity contribution in [3.05, 3.63) is 55.3 Å². The molecule has 2 aliphatic rings. The van der Waals surface area contributed by atoms with Gasteiger partial charge in [-0.15, -0.1) is 0 Å². The average molecular weight is 386 g/mol. The van der Waals surface area contributed by atoms with Crippen molar-refractivity contribution in [1.82, 2.24) is 10.6 Å². The number of carbonyl (C=O) groups excluding carboxylic acids is 2. The van der Waals surface area contributed by atoms with E-state index in [4.69, 9.17) is 5.73 Å². The SMILES string of the molecule is Nc1c(N2CCc3ccc(CNC(=O)C4CSC(=O)N4)cc3C2)c(=O)c1=O. The highest BCUT2D eigenvalue weighted by Crippen LogP contribution is 2.26. The Balaban J connectivity index is 1.43. The van der Waals surface area contributed by atoms with E-state index in [2.05, 4.69) is 10.6 Å². The first-order chi connectivity index (χ1) is 12.9. The van der Waals surface area contributed by atoms with Gasteiger partial charge in [-0.1, -0.05) is 30.0 Å². The molecule has 0 spiro atoms. The Labute approximate surface area is 158 Å². The number of anilines is 2. The predicted octanol–water partition coefficient (Wildman–Crippen LogP) is -0.131. The van der Waals surface area contributed by atoms with Crippen LogP contribution in [0.1, 0.15) is 16.7 Å². The normalized spacial score (nSPS) is 19.0. The predicted molar refractivity (Wildman–Crippen MR) is 104 cm³/mol. The largest absolute Gasteiger partial charge is 0.394 e. The first-order valence-corrected chi connectivity index (χ1v) is 9.58. The highest BCUT2D eigenvalue weighted by molar-refractivity contribution is 8.14. The molecule has 2 aliphatic heterocycles. The molecule has 0 saturated carbocycles. The third-order valence-corrected chi connectivity index (χ3v) is 5.86. The zero-order valence-electron chi connectivity index (χ0n) is 14.4. The number of hydrogen-bond acceptors (Lipinski definition) is 7. The molecule has 2 heterocycles. The molecule has 8 nitrogen and oxygen atoms in total. The molecule has 0 radical (unpaired) electrons. The van der Waals surface area contributed by atoms with Gasteiger partial charge < -0.3 is 21.3 Å². The van der Waals surface area contributed by atoms with Crippen LogP contribution < -0.4 is 32.1 Å². The Hall–Kier alpha value is -2.81. The molecule has 27 heavy (non-hydrogen) atoms. The maximum Gasteiger partial charge on any atom is 0.279 e. The molecule has 0 aromatic heterocycles. The number of carbonyl (C=O) groups is 2. The maximum atomic E-state index is 12.1. The lowest BCUT2D eigenvalue weighted by Gasteiger charge is -2.32. The maximum absolute atomic E-state index is 12.1. The Bertz CT molecular complexity index is 1010. The molecule has 0 bridgehead atoms. The fourth-order valence-corrected chi connectivity index (χ4v) is 4.24. The number of thioether (sulfide) groups is 1. The number of nitrogens with one attached hydrogen (secondary N) is 2. The van der Waals surface area contributed by atoms with Crippen LogP contribution in [0, 0.1) is 0 Å². The minimum Gasteiger partial charge on any atom is -0.394 e. The molecule has 1 fully saturated rings. The average Bonchev–Trinajstić information content (AvgIpc) is 3.12. The minimum absolute atomic E-state index is 0.0448. The molecule has 2 aromatic rings. The van der Waals surface area contributed by atoms with Gasteiger partial charge in [-0.05, 0) is 23.1 Å². The number of hydrogen-bond donors (Lipinski definition) is 3. The Morgan fingerprint density at radius 2 is 2.07 bits per heavy atom. The van der Waals surface area contributed by atoms with Gasteiger partial charge in [0.15, 0.2) is 0 Å². The van der Waals surface area contributed by atoms with Crippen LogP contribution in [0.25, 0.3) is 0 Å². The summed E-state index contributed by atoms with van der Waals surface area (Å²) < 4.78 is 0. The first-order valence-electron chi connectivity index (χ1n) is 8.59. The van der Waals surface area contributed by atoms with Crippen LogP contribution in [0.2, 0.25) is 0 Å². The van der Waals surface area contributed by atoms with Gasteiger partial charge in [0.25, 0.3) is 16.1 Å². The summed E-state index contributed by atoms with van der Waals surface area (Å²) in [5.74, 6) is 0.233. The number of nitrogens with two attached hydrogens (primary N) is 1. The van der Waals surface area contributed by atoms with E-state index in [-0.39, 0.29) is 16.8 Å².